The Morgan fingerprint density at radius 3 is 2.82 bits per heavy atom. The average molecular weight is 231 g/mol. The van der Waals surface area contributed by atoms with E-state index in [2.05, 4.69) is 21.6 Å². The van der Waals surface area contributed by atoms with Crippen molar-refractivity contribution in [1.29, 1.82) is 0 Å². The molecular weight excluding hydrogens is 214 g/mol. The summed E-state index contributed by atoms with van der Waals surface area (Å²) in [6.45, 7) is 3.93. The number of nitrogens with one attached hydrogen (secondary N) is 1. The topological polar surface area (TPSA) is 51.0 Å². The second kappa shape index (κ2) is 5.10. The van der Waals surface area contributed by atoms with E-state index in [9.17, 15) is 0 Å². The molecule has 17 heavy (non-hydrogen) atoms. The molecule has 2 aromatic heterocycles. The van der Waals surface area contributed by atoms with Crippen molar-refractivity contribution in [3.63, 3.8) is 0 Å². The lowest BCUT2D eigenvalue weighted by Gasteiger charge is -2.17. The summed E-state index contributed by atoms with van der Waals surface area (Å²) in [6, 6.07) is 6.17. The Kier molecular flexibility index (Phi) is 3.54. The molecule has 1 N–H and O–H groups in total. The molecule has 2 aromatic rings. The number of rotatable bonds is 4. The average Bonchev–Trinajstić information content (AvgIpc) is 2.82. The molecule has 0 saturated carbocycles. The summed E-state index contributed by atoms with van der Waals surface area (Å²) in [5.41, 5.74) is 3.07. The summed E-state index contributed by atoms with van der Waals surface area (Å²) >= 11 is 0. The molecule has 2 heterocycles. The van der Waals surface area contributed by atoms with Crippen LogP contribution in [0.1, 0.15) is 28.8 Å². The fourth-order valence-corrected chi connectivity index (χ4v) is 1.92. The van der Waals surface area contributed by atoms with Gasteiger partial charge in [-0.25, -0.2) is 0 Å². The van der Waals surface area contributed by atoms with Crippen LogP contribution in [0.25, 0.3) is 0 Å². The second-order valence-electron chi connectivity index (χ2n) is 4.15. The van der Waals surface area contributed by atoms with Crippen molar-refractivity contribution in [2.24, 2.45) is 0 Å². The number of hydrogen-bond acceptors (Lipinski definition) is 4. The molecule has 0 bridgehead atoms. The first-order chi connectivity index (χ1) is 8.20. The first-order valence-electron chi connectivity index (χ1n) is 5.71. The van der Waals surface area contributed by atoms with E-state index < -0.39 is 0 Å². The molecule has 1 unspecified atom stereocenters. The van der Waals surface area contributed by atoms with Gasteiger partial charge < -0.3 is 9.73 Å². The van der Waals surface area contributed by atoms with Crippen molar-refractivity contribution >= 4 is 0 Å². The molecule has 90 valence electrons. The maximum atomic E-state index is 5.38. The molecule has 0 aromatic carbocycles. The highest BCUT2D eigenvalue weighted by molar-refractivity contribution is 5.25. The molecule has 4 heteroatoms. The molecule has 0 aliphatic heterocycles. The predicted molar refractivity (Wildman–Crippen MR) is 65.7 cm³/mol. The lowest BCUT2D eigenvalue weighted by Crippen LogP contribution is -2.20. The minimum atomic E-state index is 0.204. The van der Waals surface area contributed by atoms with Crippen LogP contribution < -0.4 is 5.32 Å². The third-order valence-electron chi connectivity index (χ3n) is 2.85. The SMILES string of the molecule is CNC(Cc1ccco1)c1cc(C)nnc1C. The number of aryl methyl sites for hydroxylation is 2. The molecule has 0 amide bonds. The van der Waals surface area contributed by atoms with Crippen molar-refractivity contribution in [1.82, 2.24) is 15.5 Å². The minimum absolute atomic E-state index is 0.204. The van der Waals surface area contributed by atoms with Crippen LogP contribution in [0.4, 0.5) is 0 Å². The quantitative estimate of drug-likeness (QED) is 0.876. The standard InChI is InChI=1S/C13H17N3O/c1-9-7-12(10(2)16-15-9)13(14-3)8-11-5-4-6-17-11/h4-7,13-14H,8H2,1-3H3. The highest BCUT2D eigenvalue weighted by Gasteiger charge is 2.15. The third-order valence-corrected chi connectivity index (χ3v) is 2.85. The highest BCUT2D eigenvalue weighted by atomic mass is 16.3. The highest BCUT2D eigenvalue weighted by Crippen LogP contribution is 2.20. The zero-order valence-corrected chi connectivity index (χ0v) is 10.4. The van der Waals surface area contributed by atoms with Gasteiger partial charge in [-0.3, -0.25) is 0 Å². The Labute approximate surface area is 101 Å². The molecular formula is C13H17N3O. The smallest absolute Gasteiger partial charge is 0.105 e. The van der Waals surface area contributed by atoms with Crippen LogP contribution in [0.3, 0.4) is 0 Å². The van der Waals surface area contributed by atoms with Crippen molar-refractivity contribution in [3.8, 4) is 0 Å². The van der Waals surface area contributed by atoms with Gasteiger partial charge >= 0.3 is 0 Å². The maximum absolute atomic E-state index is 5.38. The Morgan fingerprint density at radius 1 is 1.35 bits per heavy atom. The number of furan rings is 1. The zero-order chi connectivity index (χ0) is 12.3. The van der Waals surface area contributed by atoms with Gasteiger partial charge in [0.05, 0.1) is 17.7 Å². The van der Waals surface area contributed by atoms with E-state index in [-0.39, 0.29) is 6.04 Å². The van der Waals surface area contributed by atoms with Crippen LogP contribution in [-0.4, -0.2) is 17.2 Å². The van der Waals surface area contributed by atoms with Crippen molar-refractivity contribution in [2.45, 2.75) is 26.3 Å². The Balaban J connectivity index is 2.25. The van der Waals surface area contributed by atoms with Crippen molar-refractivity contribution in [2.75, 3.05) is 7.05 Å². The van der Waals surface area contributed by atoms with E-state index in [1.165, 1.54) is 5.56 Å². The minimum Gasteiger partial charge on any atom is -0.469 e. The largest absolute Gasteiger partial charge is 0.469 e. The van der Waals surface area contributed by atoms with E-state index in [0.717, 1.165) is 23.6 Å². The lowest BCUT2D eigenvalue weighted by molar-refractivity contribution is 0.464. The normalized spacial score (nSPS) is 12.6. The van der Waals surface area contributed by atoms with Gasteiger partial charge in [0.25, 0.3) is 0 Å². The Bertz CT molecular complexity index is 479. The van der Waals surface area contributed by atoms with Crippen LogP contribution in [0.2, 0.25) is 0 Å². The summed E-state index contributed by atoms with van der Waals surface area (Å²) in [7, 11) is 1.95. The van der Waals surface area contributed by atoms with Gasteiger partial charge in [-0.15, -0.1) is 0 Å². The second-order valence-corrected chi connectivity index (χ2v) is 4.15. The van der Waals surface area contributed by atoms with Crippen LogP contribution in [0, 0.1) is 13.8 Å². The summed E-state index contributed by atoms with van der Waals surface area (Å²) in [4.78, 5) is 0. The van der Waals surface area contributed by atoms with Gasteiger partial charge in [0, 0.05) is 12.5 Å². The molecule has 0 fully saturated rings. The zero-order valence-electron chi connectivity index (χ0n) is 10.4. The molecule has 0 spiro atoms. The van der Waals surface area contributed by atoms with Crippen LogP contribution in [0.15, 0.2) is 28.9 Å². The van der Waals surface area contributed by atoms with E-state index in [0.29, 0.717) is 0 Å². The van der Waals surface area contributed by atoms with Gasteiger partial charge in [0.1, 0.15) is 5.76 Å². The number of nitrogens with zero attached hydrogens (tertiary/aromatic N) is 2. The van der Waals surface area contributed by atoms with E-state index in [1.807, 2.05) is 33.0 Å². The summed E-state index contributed by atoms with van der Waals surface area (Å²) in [5.74, 6) is 0.971. The fourth-order valence-electron chi connectivity index (χ4n) is 1.92. The lowest BCUT2D eigenvalue weighted by atomic mass is 10.0. The van der Waals surface area contributed by atoms with E-state index >= 15 is 0 Å². The summed E-state index contributed by atoms with van der Waals surface area (Å²) in [6.07, 6.45) is 2.51. The van der Waals surface area contributed by atoms with Crippen molar-refractivity contribution < 1.29 is 4.42 Å². The van der Waals surface area contributed by atoms with Gasteiger partial charge in [0.2, 0.25) is 0 Å². The summed E-state index contributed by atoms with van der Waals surface area (Å²) < 4.78 is 5.38. The van der Waals surface area contributed by atoms with Gasteiger partial charge in [-0.05, 0) is 44.7 Å². The van der Waals surface area contributed by atoms with E-state index in [4.69, 9.17) is 4.42 Å². The Morgan fingerprint density at radius 2 is 2.18 bits per heavy atom. The molecule has 0 aliphatic rings. The molecule has 4 nitrogen and oxygen atoms in total. The van der Waals surface area contributed by atoms with E-state index in [1.54, 1.807) is 6.26 Å². The molecule has 0 aliphatic carbocycles. The van der Waals surface area contributed by atoms with Gasteiger partial charge in [0.15, 0.2) is 0 Å². The first kappa shape index (κ1) is 11.8. The van der Waals surface area contributed by atoms with Crippen molar-refractivity contribution in [3.05, 3.63) is 47.2 Å². The number of hydrogen-bond donors (Lipinski definition) is 1. The maximum Gasteiger partial charge on any atom is 0.105 e. The van der Waals surface area contributed by atoms with Crippen LogP contribution >= 0.6 is 0 Å². The monoisotopic (exact) mass is 231 g/mol. The van der Waals surface area contributed by atoms with Gasteiger partial charge in [-0.2, -0.15) is 10.2 Å². The third kappa shape index (κ3) is 2.71. The Hall–Kier alpha value is -1.68. The van der Waals surface area contributed by atoms with Crippen LogP contribution in [0.5, 0.6) is 0 Å². The fraction of sp³-hybridized carbons (Fsp3) is 0.385. The van der Waals surface area contributed by atoms with Gasteiger partial charge in [-0.1, -0.05) is 0 Å². The molecule has 1 atom stereocenters. The molecule has 0 saturated heterocycles. The molecule has 2 rings (SSSR count). The summed E-state index contributed by atoms with van der Waals surface area (Å²) in [5, 5.41) is 11.5. The predicted octanol–water partition coefficient (Wildman–Crippen LogP) is 2.19. The van der Waals surface area contributed by atoms with Crippen LogP contribution in [-0.2, 0) is 6.42 Å². The molecule has 0 radical (unpaired) electrons. The number of likely N-dealkylation sites (N-methyl/N-ethyl adjacent to an activating group) is 1. The number of aromatic nitrogens is 2. The first-order valence-corrected chi connectivity index (χ1v) is 5.71.